The predicted octanol–water partition coefficient (Wildman–Crippen LogP) is 1.06. The van der Waals surface area contributed by atoms with Crippen LogP contribution in [0.1, 0.15) is 10.4 Å². The molecule has 0 aliphatic carbocycles. The zero-order valence-corrected chi connectivity index (χ0v) is 8.57. The van der Waals surface area contributed by atoms with Crippen molar-refractivity contribution < 1.29 is 18.7 Å². The lowest BCUT2D eigenvalue weighted by Crippen LogP contribution is -2.07. The minimum absolute atomic E-state index is 0.140. The van der Waals surface area contributed by atoms with E-state index in [9.17, 15) is 14.0 Å². The van der Waals surface area contributed by atoms with Crippen molar-refractivity contribution in [3.63, 3.8) is 0 Å². The number of benzene rings is 1. The summed E-state index contributed by atoms with van der Waals surface area (Å²) < 4.78 is 18.1. The Morgan fingerprint density at radius 3 is 2.56 bits per heavy atom. The van der Waals surface area contributed by atoms with E-state index < -0.39 is 17.5 Å². The topological polar surface area (TPSA) is 69.4 Å². The summed E-state index contributed by atoms with van der Waals surface area (Å²) >= 11 is 0. The predicted molar refractivity (Wildman–Crippen MR) is 55.6 cm³/mol. The van der Waals surface area contributed by atoms with E-state index in [2.05, 4.69) is 0 Å². The minimum Gasteiger partial charge on any atom is -0.497 e. The highest BCUT2D eigenvalue weighted by Crippen LogP contribution is 2.16. The van der Waals surface area contributed by atoms with Crippen molar-refractivity contribution in [2.45, 2.75) is 0 Å². The molecule has 1 aromatic rings. The van der Waals surface area contributed by atoms with Gasteiger partial charge in [-0.25, -0.2) is 4.39 Å². The number of halogens is 1. The molecule has 0 aliphatic rings. The SMILES string of the molecule is COc1ccc(C(=O)/C=C/C(N)=O)c(F)c1. The molecule has 0 saturated heterocycles. The minimum atomic E-state index is -0.762. The summed E-state index contributed by atoms with van der Waals surface area (Å²) in [5.74, 6) is -1.78. The van der Waals surface area contributed by atoms with Crippen LogP contribution in [0.15, 0.2) is 30.4 Å². The summed E-state index contributed by atoms with van der Waals surface area (Å²) in [5.41, 5.74) is 4.67. The average Bonchev–Trinajstić information content (AvgIpc) is 2.25. The lowest BCUT2D eigenvalue weighted by Gasteiger charge is -2.02. The van der Waals surface area contributed by atoms with E-state index in [1.54, 1.807) is 0 Å². The van der Waals surface area contributed by atoms with E-state index in [4.69, 9.17) is 10.5 Å². The molecule has 0 unspecified atom stereocenters. The molecule has 1 rings (SSSR count). The molecule has 1 amide bonds. The summed E-state index contributed by atoms with van der Waals surface area (Å²) in [6, 6.07) is 3.82. The second kappa shape index (κ2) is 5.06. The van der Waals surface area contributed by atoms with Gasteiger partial charge in [0, 0.05) is 12.1 Å². The highest BCUT2D eigenvalue weighted by molar-refractivity contribution is 6.07. The number of rotatable bonds is 4. The normalized spacial score (nSPS) is 10.4. The Kier molecular flexibility index (Phi) is 3.77. The average molecular weight is 223 g/mol. The number of hydrogen-bond donors (Lipinski definition) is 1. The molecule has 0 bridgehead atoms. The first-order chi connectivity index (χ1) is 7.54. The van der Waals surface area contributed by atoms with Gasteiger partial charge < -0.3 is 10.5 Å². The van der Waals surface area contributed by atoms with Gasteiger partial charge >= 0.3 is 0 Å². The Morgan fingerprint density at radius 2 is 2.06 bits per heavy atom. The van der Waals surface area contributed by atoms with Gasteiger partial charge in [0.05, 0.1) is 12.7 Å². The highest BCUT2D eigenvalue weighted by atomic mass is 19.1. The Morgan fingerprint density at radius 1 is 1.38 bits per heavy atom. The largest absolute Gasteiger partial charge is 0.497 e. The second-order valence-corrected chi connectivity index (χ2v) is 2.95. The van der Waals surface area contributed by atoms with Crippen LogP contribution in [0, 0.1) is 5.82 Å². The molecule has 0 saturated carbocycles. The van der Waals surface area contributed by atoms with E-state index in [0.29, 0.717) is 5.75 Å². The van der Waals surface area contributed by atoms with Crippen LogP contribution in [0.25, 0.3) is 0 Å². The zero-order valence-electron chi connectivity index (χ0n) is 8.57. The third-order valence-electron chi connectivity index (χ3n) is 1.84. The molecule has 0 heterocycles. The number of carbonyl (C=O) groups excluding carboxylic acids is 2. The van der Waals surface area contributed by atoms with Gasteiger partial charge in [0.1, 0.15) is 11.6 Å². The van der Waals surface area contributed by atoms with Crippen molar-refractivity contribution in [1.82, 2.24) is 0 Å². The van der Waals surface area contributed by atoms with Crippen molar-refractivity contribution >= 4 is 11.7 Å². The third kappa shape index (κ3) is 2.91. The maximum Gasteiger partial charge on any atom is 0.241 e. The number of hydrogen-bond acceptors (Lipinski definition) is 3. The van der Waals surface area contributed by atoms with Crippen LogP contribution in [-0.4, -0.2) is 18.8 Å². The maximum atomic E-state index is 13.4. The molecule has 0 fully saturated rings. The molecule has 16 heavy (non-hydrogen) atoms. The first kappa shape index (κ1) is 11.9. The van der Waals surface area contributed by atoms with Gasteiger partial charge in [0.25, 0.3) is 0 Å². The fourth-order valence-corrected chi connectivity index (χ4v) is 1.07. The molecule has 5 heteroatoms. The summed E-state index contributed by atoms with van der Waals surface area (Å²) in [4.78, 5) is 21.8. The summed E-state index contributed by atoms with van der Waals surface area (Å²) in [7, 11) is 1.39. The van der Waals surface area contributed by atoms with E-state index in [1.165, 1.54) is 19.2 Å². The smallest absolute Gasteiger partial charge is 0.241 e. The molecule has 0 spiro atoms. The monoisotopic (exact) mass is 223 g/mol. The Bertz CT molecular complexity index is 455. The number of amides is 1. The number of allylic oxidation sites excluding steroid dienone is 1. The quantitative estimate of drug-likeness (QED) is 0.612. The first-order valence-corrected chi connectivity index (χ1v) is 4.40. The number of methoxy groups -OCH3 is 1. The fraction of sp³-hybridized carbons (Fsp3) is 0.0909. The Labute approximate surface area is 91.5 Å². The van der Waals surface area contributed by atoms with Crippen molar-refractivity contribution in [3.05, 3.63) is 41.7 Å². The lowest BCUT2D eigenvalue weighted by molar-refractivity contribution is -0.113. The number of primary amides is 1. The zero-order chi connectivity index (χ0) is 12.1. The lowest BCUT2D eigenvalue weighted by atomic mass is 10.1. The van der Waals surface area contributed by atoms with Gasteiger partial charge in [-0.1, -0.05) is 0 Å². The Balaban J connectivity index is 2.96. The molecular weight excluding hydrogens is 213 g/mol. The number of ketones is 1. The van der Waals surface area contributed by atoms with Gasteiger partial charge in [-0.2, -0.15) is 0 Å². The number of nitrogens with two attached hydrogens (primary N) is 1. The molecule has 0 aliphatic heterocycles. The molecule has 84 valence electrons. The molecular formula is C11H10FNO3. The van der Waals surface area contributed by atoms with Crippen molar-refractivity contribution in [1.29, 1.82) is 0 Å². The number of ether oxygens (including phenoxy) is 1. The summed E-state index contributed by atoms with van der Waals surface area (Å²) in [5, 5.41) is 0. The molecule has 1 aromatic carbocycles. The van der Waals surface area contributed by atoms with Crippen LogP contribution in [-0.2, 0) is 4.79 Å². The molecule has 4 nitrogen and oxygen atoms in total. The van der Waals surface area contributed by atoms with Crippen LogP contribution in [0.4, 0.5) is 4.39 Å². The Hall–Kier alpha value is -2.17. The molecule has 0 aromatic heterocycles. The summed E-state index contributed by atoms with van der Waals surface area (Å²) in [6.45, 7) is 0. The van der Waals surface area contributed by atoms with Crippen LogP contribution < -0.4 is 10.5 Å². The van der Waals surface area contributed by atoms with Crippen molar-refractivity contribution in [2.24, 2.45) is 5.73 Å². The van der Waals surface area contributed by atoms with Gasteiger partial charge in [-0.05, 0) is 18.2 Å². The van der Waals surface area contributed by atoms with Gasteiger partial charge in [-0.3, -0.25) is 9.59 Å². The highest BCUT2D eigenvalue weighted by Gasteiger charge is 2.09. The van der Waals surface area contributed by atoms with Gasteiger partial charge in [0.2, 0.25) is 5.91 Å². The first-order valence-electron chi connectivity index (χ1n) is 4.40. The summed E-state index contributed by atoms with van der Waals surface area (Å²) in [6.07, 6.45) is 1.80. The van der Waals surface area contributed by atoms with Crippen LogP contribution >= 0.6 is 0 Å². The molecule has 0 radical (unpaired) electrons. The van der Waals surface area contributed by atoms with Crippen LogP contribution in [0.2, 0.25) is 0 Å². The third-order valence-corrected chi connectivity index (χ3v) is 1.84. The molecule has 2 N–H and O–H groups in total. The van der Waals surface area contributed by atoms with Gasteiger partial charge in [0.15, 0.2) is 5.78 Å². The van der Waals surface area contributed by atoms with E-state index in [1.807, 2.05) is 0 Å². The van der Waals surface area contributed by atoms with E-state index in [0.717, 1.165) is 18.2 Å². The number of carbonyl (C=O) groups is 2. The standard InChI is InChI=1S/C11H10FNO3/c1-16-7-2-3-8(9(12)6-7)10(14)4-5-11(13)15/h2-6H,1H3,(H2,13,15)/b5-4+. The van der Waals surface area contributed by atoms with E-state index in [-0.39, 0.29) is 5.56 Å². The second-order valence-electron chi connectivity index (χ2n) is 2.95. The van der Waals surface area contributed by atoms with Crippen LogP contribution in [0.3, 0.4) is 0 Å². The molecule has 0 atom stereocenters. The fourth-order valence-electron chi connectivity index (χ4n) is 1.07. The van der Waals surface area contributed by atoms with Crippen molar-refractivity contribution in [2.75, 3.05) is 7.11 Å². The van der Waals surface area contributed by atoms with Gasteiger partial charge in [-0.15, -0.1) is 0 Å². The maximum absolute atomic E-state index is 13.4. The van der Waals surface area contributed by atoms with Crippen molar-refractivity contribution in [3.8, 4) is 5.75 Å². The van der Waals surface area contributed by atoms with Crippen LogP contribution in [0.5, 0.6) is 5.75 Å². The van der Waals surface area contributed by atoms with E-state index >= 15 is 0 Å².